The lowest BCUT2D eigenvalue weighted by molar-refractivity contribution is 0.0927. The van der Waals surface area contributed by atoms with Crippen LogP contribution >= 0.6 is 0 Å². The molecule has 0 spiro atoms. The van der Waals surface area contributed by atoms with Gasteiger partial charge in [0.05, 0.1) is 12.5 Å². The van der Waals surface area contributed by atoms with Crippen molar-refractivity contribution < 1.29 is 9.21 Å². The van der Waals surface area contributed by atoms with Crippen molar-refractivity contribution in [3.05, 3.63) is 77.0 Å². The van der Waals surface area contributed by atoms with Gasteiger partial charge >= 0.3 is 5.91 Å². The average molecular weight is 363 g/mol. The van der Waals surface area contributed by atoms with Crippen LogP contribution in [0.4, 0.5) is 0 Å². The average Bonchev–Trinajstić information content (AvgIpc) is 3.23. The van der Waals surface area contributed by atoms with E-state index in [1.807, 2.05) is 6.92 Å². The lowest BCUT2D eigenvalue weighted by atomic mass is 9.87. The molecular formula is C22H25N3O2. The highest BCUT2D eigenvalue weighted by atomic mass is 16.3. The molecule has 1 amide bonds. The van der Waals surface area contributed by atoms with Crippen molar-refractivity contribution in [2.75, 3.05) is 0 Å². The summed E-state index contributed by atoms with van der Waals surface area (Å²) < 4.78 is 7.23. The van der Waals surface area contributed by atoms with Gasteiger partial charge < -0.3 is 8.98 Å². The maximum atomic E-state index is 11.9. The summed E-state index contributed by atoms with van der Waals surface area (Å²) in [5, 5.41) is 4.05. The predicted molar refractivity (Wildman–Crippen MR) is 108 cm³/mol. The monoisotopic (exact) mass is 363 g/mol. The third-order valence-electron chi connectivity index (χ3n) is 4.58. The minimum Gasteiger partial charge on any atom is -0.459 e. The van der Waals surface area contributed by atoms with Crippen LogP contribution in [0.2, 0.25) is 0 Å². The molecule has 1 aromatic carbocycles. The number of hydrazone groups is 1. The van der Waals surface area contributed by atoms with Crippen LogP contribution in [0.15, 0.2) is 58.2 Å². The van der Waals surface area contributed by atoms with Crippen LogP contribution in [-0.4, -0.2) is 16.7 Å². The van der Waals surface area contributed by atoms with Gasteiger partial charge in [0.25, 0.3) is 0 Å². The number of amides is 1. The van der Waals surface area contributed by atoms with Gasteiger partial charge in [-0.3, -0.25) is 4.79 Å². The van der Waals surface area contributed by atoms with E-state index in [0.29, 0.717) is 0 Å². The number of furan rings is 1. The van der Waals surface area contributed by atoms with Crippen molar-refractivity contribution in [1.82, 2.24) is 9.99 Å². The first-order chi connectivity index (χ1) is 12.8. The number of hydrogen-bond acceptors (Lipinski definition) is 3. The molecular weight excluding hydrogens is 338 g/mol. The Hall–Kier alpha value is -3.08. The molecule has 0 saturated carbocycles. The summed E-state index contributed by atoms with van der Waals surface area (Å²) in [5.74, 6) is -0.139. The molecule has 3 rings (SSSR count). The minimum atomic E-state index is -0.372. The number of nitrogens with zero attached hydrogens (tertiary/aromatic N) is 2. The molecule has 27 heavy (non-hydrogen) atoms. The van der Waals surface area contributed by atoms with Crippen LogP contribution in [0, 0.1) is 13.8 Å². The van der Waals surface area contributed by atoms with Gasteiger partial charge in [-0.15, -0.1) is 0 Å². The number of benzene rings is 1. The fraction of sp³-hybridized carbons (Fsp3) is 0.273. The topological polar surface area (TPSA) is 59.5 Å². The first-order valence-corrected chi connectivity index (χ1v) is 8.94. The SMILES string of the molecule is Cc1cc(/C=N\NC(=O)c2ccco2)c(C)n1-c1ccc(C(C)(C)C)cc1. The molecule has 140 valence electrons. The van der Waals surface area contributed by atoms with Crippen molar-refractivity contribution in [1.29, 1.82) is 0 Å². The maximum Gasteiger partial charge on any atom is 0.307 e. The zero-order chi connectivity index (χ0) is 19.6. The molecule has 0 unspecified atom stereocenters. The number of nitrogens with one attached hydrogen (secondary N) is 1. The summed E-state index contributed by atoms with van der Waals surface area (Å²) in [6.07, 6.45) is 3.11. The molecule has 1 N–H and O–H groups in total. The molecule has 2 heterocycles. The van der Waals surface area contributed by atoms with Gasteiger partial charge in [-0.1, -0.05) is 32.9 Å². The molecule has 5 heteroatoms. The quantitative estimate of drug-likeness (QED) is 0.537. The number of carbonyl (C=O) groups is 1. The summed E-state index contributed by atoms with van der Waals surface area (Å²) >= 11 is 0. The van der Waals surface area contributed by atoms with Gasteiger partial charge in [0, 0.05) is 22.6 Å². The molecule has 0 bridgehead atoms. The van der Waals surface area contributed by atoms with E-state index < -0.39 is 0 Å². The van der Waals surface area contributed by atoms with Crippen molar-refractivity contribution in [2.45, 2.75) is 40.0 Å². The van der Waals surface area contributed by atoms with Crippen LogP contribution in [0.25, 0.3) is 5.69 Å². The Kier molecular flexibility index (Phi) is 5.04. The normalized spacial score (nSPS) is 11.9. The molecule has 0 radical (unpaired) electrons. The van der Waals surface area contributed by atoms with Gasteiger partial charge in [-0.25, -0.2) is 5.43 Å². The van der Waals surface area contributed by atoms with Gasteiger partial charge in [0.2, 0.25) is 0 Å². The molecule has 0 aliphatic carbocycles. The van der Waals surface area contributed by atoms with E-state index in [0.717, 1.165) is 22.6 Å². The first kappa shape index (κ1) is 18.7. The van der Waals surface area contributed by atoms with Gasteiger partial charge in [0.15, 0.2) is 5.76 Å². The molecule has 5 nitrogen and oxygen atoms in total. The molecule has 0 fully saturated rings. The highest BCUT2D eigenvalue weighted by Gasteiger charge is 2.15. The van der Waals surface area contributed by atoms with E-state index in [1.165, 1.54) is 11.8 Å². The van der Waals surface area contributed by atoms with E-state index in [-0.39, 0.29) is 17.1 Å². The molecule has 0 saturated heterocycles. The molecule has 3 aromatic rings. The maximum absolute atomic E-state index is 11.9. The van der Waals surface area contributed by atoms with E-state index in [9.17, 15) is 4.79 Å². The predicted octanol–water partition coefficient (Wildman–Crippen LogP) is 4.75. The summed E-state index contributed by atoms with van der Waals surface area (Å²) in [6, 6.07) is 13.9. The molecule has 0 aliphatic rings. The Bertz CT molecular complexity index is 956. The number of carbonyl (C=O) groups excluding carboxylic acids is 1. The van der Waals surface area contributed by atoms with Crippen LogP contribution < -0.4 is 5.43 Å². The standard InChI is InChI=1S/C22H25N3O2/c1-15-13-17(14-23-24-21(26)20-7-6-12-27-20)16(2)25(15)19-10-8-18(9-11-19)22(3,4)5/h6-14H,1-5H3,(H,24,26)/b23-14-. The highest BCUT2D eigenvalue weighted by Crippen LogP contribution is 2.25. The first-order valence-electron chi connectivity index (χ1n) is 8.94. The van der Waals surface area contributed by atoms with Crippen molar-refractivity contribution >= 4 is 12.1 Å². The fourth-order valence-corrected chi connectivity index (χ4v) is 3.05. The van der Waals surface area contributed by atoms with Gasteiger partial charge in [-0.05, 0) is 55.2 Å². The summed E-state index contributed by atoms with van der Waals surface area (Å²) in [5.41, 5.74) is 8.14. The summed E-state index contributed by atoms with van der Waals surface area (Å²) in [6.45, 7) is 10.7. The van der Waals surface area contributed by atoms with Crippen molar-refractivity contribution in [2.24, 2.45) is 5.10 Å². The Labute approximate surface area is 159 Å². The number of aryl methyl sites for hydroxylation is 1. The van der Waals surface area contributed by atoms with Crippen molar-refractivity contribution in [3.63, 3.8) is 0 Å². The number of hydrogen-bond donors (Lipinski definition) is 1. The Balaban J connectivity index is 1.80. The van der Waals surface area contributed by atoms with Crippen molar-refractivity contribution in [3.8, 4) is 5.69 Å². The van der Waals surface area contributed by atoms with Crippen LogP contribution in [0.3, 0.4) is 0 Å². The van der Waals surface area contributed by atoms with Gasteiger partial charge in [-0.2, -0.15) is 5.10 Å². The zero-order valence-electron chi connectivity index (χ0n) is 16.4. The second kappa shape index (κ2) is 7.27. The third-order valence-corrected chi connectivity index (χ3v) is 4.58. The van der Waals surface area contributed by atoms with E-state index in [2.05, 4.69) is 73.1 Å². The zero-order valence-corrected chi connectivity index (χ0v) is 16.4. The summed E-state index contributed by atoms with van der Waals surface area (Å²) in [4.78, 5) is 11.9. The van der Waals surface area contributed by atoms with Crippen LogP contribution in [0.5, 0.6) is 0 Å². The molecule has 0 atom stereocenters. The Morgan fingerprint density at radius 3 is 2.44 bits per heavy atom. The molecule has 2 aromatic heterocycles. The van der Waals surface area contributed by atoms with Gasteiger partial charge in [0.1, 0.15) is 0 Å². The van der Waals surface area contributed by atoms with Crippen LogP contribution in [0.1, 0.15) is 53.8 Å². The van der Waals surface area contributed by atoms with E-state index in [4.69, 9.17) is 4.42 Å². The largest absolute Gasteiger partial charge is 0.459 e. The fourth-order valence-electron chi connectivity index (χ4n) is 3.05. The second-order valence-electron chi connectivity index (χ2n) is 7.64. The Morgan fingerprint density at radius 2 is 1.85 bits per heavy atom. The third kappa shape index (κ3) is 4.03. The van der Waals surface area contributed by atoms with Crippen LogP contribution in [-0.2, 0) is 5.41 Å². The number of aromatic nitrogens is 1. The Morgan fingerprint density at radius 1 is 1.15 bits per heavy atom. The minimum absolute atomic E-state index is 0.128. The smallest absolute Gasteiger partial charge is 0.307 e. The summed E-state index contributed by atoms with van der Waals surface area (Å²) in [7, 11) is 0. The lowest BCUT2D eigenvalue weighted by Gasteiger charge is -2.20. The van der Waals surface area contributed by atoms with E-state index >= 15 is 0 Å². The highest BCUT2D eigenvalue weighted by molar-refractivity contribution is 5.92. The number of rotatable bonds is 4. The van der Waals surface area contributed by atoms with E-state index in [1.54, 1.807) is 18.3 Å². The lowest BCUT2D eigenvalue weighted by Crippen LogP contribution is -2.16. The molecule has 0 aliphatic heterocycles. The second-order valence-corrected chi connectivity index (χ2v) is 7.64.